The Bertz CT molecular complexity index is 2050. The summed E-state index contributed by atoms with van der Waals surface area (Å²) in [6.07, 6.45) is -0.565. The van der Waals surface area contributed by atoms with E-state index in [0.717, 1.165) is 4.90 Å². The van der Waals surface area contributed by atoms with Crippen LogP contribution in [0.2, 0.25) is 0 Å². The summed E-state index contributed by atoms with van der Waals surface area (Å²) in [4.78, 5) is 154. The lowest BCUT2D eigenvalue weighted by molar-refractivity contribution is -0.145. The molecule has 26 nitrogen and oxygen atoms in total. The van der Waals surface area contributed by atoms with E-state index in [1.54, 1.807) is 27.7 Å². The van der Waals surface area contributed by atoms with Crippen LogP contribution in [-0.4, -0.2) is 179 Å². The highest BCUT2D eigenvalue weighted by molar-refractivity contribution is 5.98. The maximum Gasteiger partial charge on any atom is 0.326 e. The molecule has 0 unspecified atom stereocenters. The summed E-state index contributed by atoms with van der Waals surface area (Å²) >= 11 is 0. The van der Waals surface area contributed by atoms with Gasteiger partial charge >= 0.3 is 17.9 Å². The second-order valence-corrected chi connectivity index (χ2v) is 18.5. The molecule has 70 heavy (non-hydrogen) atoms. The molecule has 2 saturated heterocycles. The molecular weight excluding hydrogens is 923 g/mol. The maximum atomic E-state index is 14.4. The van der Waals surface area contributed by atoms with Gasteiger partial charge in [-0.3, -0.25) is 47.9 Å². The Kier molecular flexibility index (Phi) is 22.1. The van der Waals surface area contributed by atoms with E-state index in [0.29, 0.717) is 12.1 Å². The quantitative estimate of drug-likeness (QED) is 0.0420. The van der Waals surface area contributed by atoms with Crippen molar-refractivity contribution in [1.82, 2.24) is 51.7 Å². The molecule has 3 rings (SSSR count). The van der Waals surface area contributed by atoms with Gasteiger partial charge in [-0.25, -0.2) is 9.78 Å². The van der Waals surface area contributed by atoms with Crippen LogP contribution in [0, 0.1) is 11.8 Å². The summed E-state index contributed by atoms with van der Waals surface area (Å²) in [7, 11) is 0. The fourth-order valence-electron chi connectivity index (χ4n) is 8.04. The molecule has 1 aromatic rings. The molecule has 0 saturated carbocycles. The number of nitrogens with one attached hydrogen (secondary N) is 7. The van der Waals surface area contributed by atoms with E-state index >= 15 is 0 Å². The first kappa shape index (κ1) is 57.6. The van der Waals surface area contributed by atoms with Crippen LogP contribution in [0.3, 0.4) is 0 Å². The molecule has 10 atom stereocenters. The predicted molar refractivity (Wildman–Crippen MR) is 244 cm³/mol. The van der Waals surface area contributed by atoms with Gasteiger partial charge in [0.15, 0.2) is 0 Å². The highest BCUT2D eigenvalue weighted by Crippen LogP contribution is 2.22. The number of carbonyl (C=O) groups is 11. The first-order chi connectivity index (χ1) is 32.8. The number of aromatic amines is 1. The van der Waals surface area contributed by atoms with Crippen molar-refractivity contribution in [1.29, 1.82) is 0 Å². The number of nitrogens with zero attached hydrogens (tertiary/aromatic N) is 3. The second kappa shape index (κ2) is 26.9. The maximum absolute atomic E-state index is 14.4. The number of amides is 8. The summed E-state index contributed by atoms with van der Waals surface area (Å²) in [5, 5.41) is 53.9. The van der Waals surface area contributed by atoms with Gasteiger partial charge < -0.3 is 72.8 Å². The largest absolute Gasteiger partial charge is 0.481 e. The Morgan fingerprint density at radius 2 is 1.17 bits per heavy atom. The van der Waals surface area contributed by atoms with Crippen molar-refractivity contribution in [2.45, 2.75) is 166 Å². The zero-order valence-corrected chi connectivity index (χ0v) is 40.3. The van der Waals surface area contributed by atoms with Crippen molar-refractivity contribution >= 4 is 65.2 Å². The molecule has 3 heterocycles. The van der Waals surface area contributed by atoms with E-state index in [1.165, 1.54) is 31.3 Å². The van der Waals surface area contributed by atoms with Gasteiger partial charge in [0, 0.05) is 44.2 Å². The lowest BCUT2D eigenvalue weighted by Crippen LogP contribution is -2.61. The van der Waals surface area contributed by atoms with Gasteiger partial charge in [-0.15, -0.1) is 0 Å². The molecular formula is C44H69N11O15. The minimum absolute atomic E-state index is 0.0126. The summed E-state index contributed by atoms with van der Waals surface area (Å²) in [5.74, 6) is -11.3. The number of aliphatic hydroxyl groups is 1. The number of imidazole rings is 1. The Labute approximate surface area is 404 Å². The number of likely N-dealkylation sites (tertiary alicyclic amines) is 2. The van der Waals surface area contributed by atoms with E-state index in [1.807, 2.05) is 0 Å². The molecule has 26 heteroatoms. The summed E-state index contributed by atoms with van der Waals surface area (Å²) in [6.45, 7) is 9.68. The molecule has 0 aliphatic carbocycles. The van der Waals surface area contributed by atoms with Crippen LogP contribution in [0.15, 0.2) is 12.5 Å². The average Bonchev–Trinajstić information content (AvgIpc) is 4.10. The standard InChI is InChI=1S/C44H69N11O15/c1-21(2)17-29(44(69)70)52-41(66)35(24(6)56)53-39(64)31-10-8-16-55(31)43(68)28(18-25-19-46-20-47-25)51-37(62)26(11-13-32(57)58)49-36(61)27(12-14-33(59)60)50-38(63)30-9-7-15-54(30)42(67)23(5)48-40(65)34(45)22(3)4/h19-24,26-31,34-35,56H,7-18,45H2,1-6H3,(H,46,47)(H,48,65)(H,49,61)(H,50,63)(H,51,62)(H,52,66)(H,53,64)(H,57,58)(H,59,60)(H,69,70)/t23-,24+,26-,27-,28-,29-,30-,31-,34-,35-/m0/s1. The lowest BCUT2D eigenvalue weighted by atomic mass is 10.0. The highest BCUT2D eigenvalue weighted by Gasteiger charge is 2.42. The highest BCUT2D eigenvalue weighted by atomic mass is 16.4. The van der Waals surface area contributed by atoms with Crippen LogP contribution in [0.4, 0.5) is 0 Å². The molecule has 0 aromatic carbocycles. The van der Waals surface area contributed by atoms with Crippen LogP contribution in [0.25, 0.3) is 0 Å². The van der Waals surface area contributed by atoms with E-state index in [2.05, 4.69) is 41.9 Å². The minimum Gasteiger partial charge on any atom is -0.481 e. The summed E-state index contributed by atoms with van der Waals surface area (Å²) in [5.41, 5.74) is 6.25. The molecule has 0 bridgehead atoms. The fourth-order valence-corrected chi connectivity index (χ4v) is 8.04. The van der Waals surface area contributed by atoms with Crippen molar-refractivity contribution in [2.75, 3.05) is 13.1 Å². The van der Waals surface area contributed by atoms with E-state index in [9.17, 15) is 73.2 Å². The van der Waals surface area contributed by atoms with Crippen LogP contribution < -0.4 is 37.6 Å². The Hall–Kier alpha value is -6.70. The summed E-state index contributed by atoms with van der Waals surface area (Å²) in [6, 6.07) is -12.2. The number of nitrogens with two attached hydrogens (primary N) is 1. The third-order valence-corrected chi connectivity index (χ3v) is 12.0. The lowest BCUT2D eigenvalue weighted by Gasteiger charge is -2.31. The van der Waals surface area contributed by atoms with Gasteiger partial charge in [0.05, 0.1) is 18.5 Å². The Morgan fingerprint density at radius 3 is 1.64 bits per heavy atom. The molecule has 0 spiro atoms. The molecule has 13 N–H and O–H groups in total. The van der Waals surface area contributed by atoms with Gasteiger partial charge in [-0.05, 0) is 70.6 Å². The molecule has 0 radical (unpaired) electrons. The van der Waals surface area contributed by atoms with Crippen LogP contribution >= 0.6 is 0 Å². The van der Waals surface area contributed by atoms with Crippen LogP contribution in [0.5, 0.6) is 0 Å². The summed E-state index contributed by atoms with van der Waals surface area (Å²) < 4.78 is 0. The van der Waals surface area contributed by atoms with Crippen molar-refractivity contribution < 1.29 is 73.2 Å². The Morgan fingerprint density at radius 1 is 0.671 bits per heavy atom. The van der Waals surface area contributed by atoms with E-state index in [-0.39, 0.29) is 57.0 Å². The zero-order valence-electron chi connectivity index (χ0n) is 40.3. The number of H-pyrrole nitrogens is 1. The van der Waals surface area contributed by atoms with Gasteiger partial charge in [-0.1, -0.05) is 27.7 Å². The average molecular weight is 992 g/mol. The topological polar surface area (TPSA) is 402 Å². The number of carboxylic acid groups (broad SMARTS) is 3. The SMILES string of the molecule is CC(C)C[C@H](NC(=O)[C@@H](NC(=O)[C@@H]1CCCN1C(=O)[C@H](Cc1cnc[nH]1)NC(=O)[C@H](CCC(=O)O)NC(=O)[C@H](CCC(=O)O)NC(=O)[C@@H]1CCCN1C(=O)[C@H](C)NC(=O)[C@@H](N)C(C)C)[C@@H](C)O)C(=O)O. The molecule has 2 fully saturated rings. The van der Waals surface area contributed by atoms with Crippen molar-refractivity contribution in [3.63, 3.8) is 0 Å². The van der Waals surface area contributed by atoms with Gasteiger partial charge in [0.1, 0.15) is 48.3 Å². The zero-order chi connectivity index (χ0) is 52.6. The Balaban J connectivity index is 1.85. The van der Waals surface area contributed by atoms with Crippen molar-refractivity contribution in [3.8, 4) is 0 Å². The molecule has 2 aliphatic heterocycles. The van der Waals surface area contributed by atoms with Gasteiger partial charge in [-0.2, -0.15) is 0 Å². The van der Waals surface area contributed by atoms with Crippen molar-refractivity contribution in [2.24, 2.45) is 17.6 Å². The fraction of sp³-hybridized carbons (Fsp3) is 0.682. The van der Waals surface area contributed by atoms with Crippen LogP contribution in [0.1, 0.15) is 105 Å². The number of hydrogen-bond donors (Lipinski definition) is 12. The molecule has 1 aromatic heterocycles. The van der Waals surface area contributed by atoms with Crippen LogP contribution in [-0.2, 0) is 59.2 Å². The number of carbonyl (C=O) groups excluding carboxylic acids is 8. The van der Waals surface area contributed by atoms with E-state index < -0.39 is 151 Å². The number of aromatic nitrogens is 2. The molecule has 390 valence electrons. The van der Waals surface area contributed by atoms with Gasteiger partial charge in [0.2, 0.25) is 47.3 Å². The third-order valence-electron chi connectivity index (χ3n) is 12.0. The first-order valence-corrected chi connectivity index (χ1v) is 23.3. The normalized spacial score (nSPS) is 19.1. The number of aliphatic hydroxyl groups excluding tert-OH is 1. The number of hydrogen-bond acceptors (Lipinski definition) is 14. The number of carboxylic acids is 3. The predicted octanol–water partition coefficient (Wildman–Crippen LogP) is -2.91. The minimum atomic E-state index is -1.70. The van der Waals surface area contributed by atoms with Crippen molar-refractivity contribution in [3.05, 3.63) is 18.2 Å². The van der Waals surface area contributed by atoms with E-state index in [4.69, 9.17) is 5.73 Å². The monoisotopic (exact) mass is 991 g/mol. The second-order valence-electron chi connectivity index (χ2n) is 18.5. The first-order valence-electron chi connectivity index (χ1n) is 23.3. The molecule has 2 aliphatic rings. The smallest absolute Gasteiger partial charge is 0.326 e. The number of rotatable bonds is 27. The molecule has 8 amide bonds. The third kappa shape index (κ3) is 17.1. The van der Waals surface area contributed by atoms with Gasteiger partial charge in [0.25, 0.3) is 0 Å². The number of aliphatic carboxylic acids is 3.